The van der Waals surface area contributed by atoms with Crippen molar-refractivity contribution in [3.05, 3.63) is 17.0 Å². The summed E-state index contributed by atoms with van der Waals surface area (Å²) in [5, 5.41) is 7.69. The molecular weight excluding hydrogens is 357 g/mol. The van der Waals surface area contributed by atoms with Gasteiger partial charge in [-0.3, -0.25) is 14.6 Å². The van der Waals surface area contributed by atoms with Crippen LogP contribution in [0.3, 0.4) is 0 Å². The molecule has 1 fully saturated rings. The Morgan fingerprint density at radius 1 is 1.22 bits per heavy atom. The molecule has 6 nitrogen and oxygen atoms in total. The zero-order valence-corrected chi connectivity index (χ0v) is 16.9. The number of aliphatic imine (C=N–C) groups is 1. The minimum absolute atomic E-state index is 0.381. The van der Waals surface area contributed by atoms with E-state index in [-0.39, 0.29) is 0 Å². The third-order valence-electron chi connectivity index (χ3n) is 5.25. The van der Waals surface area contributed by atoms with Gasteiger partial charge >= 0.3 is 6.18 Å². The molecule has 1 aromatic rings. The van der Waals surface area contributed by atoms with E-state index in [9.17, 15) is 13.2 Å². The molecule has 1 unspecified atom stereocenters. The Bertz CT molecular complexity index is 644. The first-order valence-corrected chi connectivity index (χ1v) is 9.48. The van der Waals surface area contributed by atoms with Crippen molar-refractivity contribution >= 4 is 5.96 Å². The minimum Gasteiger partial charge on any atom is -0.357 e. The van der Waals surface area contributed by atoms with Gasteiger partial charge in [-0.05, 0) is 39.7 Å². The molecule has 1 N–H and O–H groups in total. The van der Waals surface area contributed by atoms with E-state index in [1.807, 2.05) is 37.4 Å². The number of hydrogen-bond acceptors (Lipinski definition) is 3. The molecule has 1 saturated heterocycles. The molecule has 2 rings (SSSR count). The number of nitrogens with zero attached hydrogens (tertiary/aromatic N) is 5. The lowest BCUT2D eigenvalue weighted by molar-refractivity contribution is -0.181. The Morgan fingerprint density at radius 2 is 1.85 bits per heavy atom. The number of aromatic nitrogens is 2. The van der Waals surface area contributed by atoms with Crippen molar-refractivity contribution in [2.24, 2.45) is 12.0 Å². The van der Waals surface area contributed by atoms with Gasteiger partial charge in [0.15, 0.2) is 5.96 Å². The fourth-order valence-electron chi connectivity index (χ4n) is 3.41. The third kappa shape index (κ3) is 5.37. The number of alkyl halides is 3. The van der Waals surface area contributed by atoms with Crippen LogP contribution in [0.5, 0.6) is 0 Å². The molecular formula is C18H31F3N6. The van der Waals surface area contributed by atoms with Gasteiger partial charge in [-0.2, -0.15) is 18.3 Å². The highest BCUT2D eigenvalue weighted by Gasteiger charge is 2.41. The number of halogens is 3. The SMILES string of the molecule is CCNC(=NCCc1c(C)nn(C)c1C)N1CCN(C(C)C(F)(F)F)CC1. The van der Waals surface area contributed by atoms with Gasteiger partial charge in [-0.25, -0.2) is 0 Å². The maximum absolute atomic E-state index is 12.9. The van der Waals surface area contributed by atoms with Gasteiger partial charge in [0.25, 0.3) is 0 Å². The molecule has 0 bridgehead atoms. The average Bonchev–Trinajstić information content (AvgIpc) is 2.85. The topological polar surface area (TPSA) is 48.7 Å². The fraction of sp³-hybridized carbons (Fsp3) is 0.778. The first-order valence-electron chi connectivity index (χ1n) is 9.48. The summed E-state index contributed by atoms with van der Waals surface area (Å²) >= 11 is 0. The second-order valence-corrected chi connectivity index (χ2v) is 7.00. The van der Waals surface area contributed by atoms with Crippen LogP contribution in [0, 0.1) is 13.8 Å². The van der Waals surface area contributed by atoms with Gasteiger partial charge < -0.3 is 10.2 Å². The molecule has 1 atom stereocenters. The van der Waals surface area contributed by atoms with Crippen LogP contribution >= 0.6 is 0 Å². The lowest BCUT2D eigenvalue weighted by Crippen LogP contribution is -2.56. The Labute approximate surface area is 159 Å². The Morgan fingerprint density at radius 3 is 2.33 bits per heavy atom. The van der Waals surface area contributed by atoms with Crippen LogP contribution in [-0.2, 0) is 13.5 Å². The van der Waals surface area contributed by atoms with E-state index in [4.69, 9.17) is 4.99 Å². The van der Waals surface area contributed by atoms with Crippen molar-refractivity contribution in [2.45, 2.75) is 46.3 Å². The summed E-state index contributed by atoms with van der Waals surface area (Å²) < 4.78 is 40.6. The largest absolute Gasteiger partial charge is 0.403 e. The summed E-state index contributed by atoms with van der Waals surface area (Å²) in [7, 11) is 1.93. The number of rotatable bonds is 5. The average molecular weight is 388 g/mol. The molecule has 0 aromatic carbocycles. The van der Waals surface area contributed by atoms with E-state index >= 15 is 0 Å². The smallest absolute Gasteiger partial charge is 0.357 e. The lowest BCUT2D eigenvalue weighted by Gasteiger charge is -2.39. The van der Waals surface area contributed by atoms with Gasteiger partial charge in [0.2, 0.25) is 0 Å². The highest BCUT2D eigenvalue weighted by Crippen LogP contribution is 2.25. The molecule has 0 saturated carbocycles. The van der Waals surface area contributed by atoms with Gasteiger partial charge in [-0.1, -0.05) is 0 Å². The molecule has 2 heterocycles. The molecule has 0 aliphatic carbocycles. The molecule has 1 aliphatic rings. The van der Waals surface area contributed by atoms with Gasteiger partial charge in [0.05, 0.1) is 5.69 Å². The van der Waals surface area contributed by atoms with Crippen LogP contribution in [0.2, 0.25) is 0 Å². The van der Waals surface area contributed by atoms with Crippen LogP contribution in [0.25, 0.3) is 0 Å². The molecule has 9 heteroatoms. The maximum Gasteiger partial charge on any atom is 0.403 e. The van der Waals surface area contributed by atoms with Gasteiger partial charge in [0, 0.05) is 52.0 Å². The van der Waals surface area contributed by atoms with Crippen LogP contribution in [0.1, 0.15) is 30.8 Å². The number of hydrogen-bond donors (Lipinski definition) is 1. The highest BCUT2D eigenvalue weighted by molar-refractivity contribution is 5.80. The molecule has 1 aliphatic heterocycles. The minimum atomic E-state index is -4.18. The first-order chi connectivity index (χ1) is 12.6. The molecule has 0 spiro atoms. The zero-order chi connectivity index (χ0) is 20.2. The predicted octanol–water partition coefficient (Wildman–Crippen LogP) is 2.11. The van der Waals surface area contributed by atoms with E-state index in [1.165, 1.54) is 17.4 Å². The second-order valence-electron chi connectivity index (χ2n) is 7.00. The number of piperazine rings is 1. The van der Waals surface area contributed by atoms with Crippen molar-refractivity contribution in [1.82, 2.24) is 24.9 Å². The van der Waals surface area contributed by atoms with Crippen molar-refractivity contribution in [2.75, 3.05) is 39.3 Å². The van der Waals surface area contributed by atoms with Crippen molar-refractivity contribution in [3.8, 4) is 0 Å². The van der Waals surface area contributed by atoms with E-state index in [0.717, 1.165) is 30.3 Å². The quantitative estimate of drug-likeness (QED) is 0.620. The molecule has 27 heavy (non-hydrogen) atoms. The summed E-state index contributed by atoms with van der Waals surface area (Å²) in [5.74, 6) is 0.774. The molecule has 0 amide bonds. The van der Waals surface area contributed by atoms with E-state index in [1.54, 1.807) is 0 Å². The Hall–Kier alpha value is -1.77. The number of aryl methyl sites for hydroxylation is 2. The van der Waals surface area contributed by atoms with Crippen molar-refractivity contribution in [1.29, 1.82) is 0 Å². The summed E-state index contributed by atoms with van der Waals surface area (Å²) in [6.45, 7) is 10.5. The van der Waals surface area contributed by atoms with E-state index < -0.39 is 12.2 Å². The maximum atomic E-state index is 12.9. The van der Waals surface area contributed by atoms with Gasteiger partial charge in [0.1, 0.15) is 6.04 Å². The number of nitrogens with one attached hydrogen (secondary N) is 1. The molecule has 0 radical (unpaired) electrons. The van der Waals surface area contributed by atoms with Gasteiger partial charge in [-0.15, -0.1) is 0 Å². The summed E-state index contributed by atoms with van der Waals surface area (Å²) in [4.78, 5) is 8.23. The first kappa shape index (κ1) is 21.5. The van der Waals surface area contributed by atoms with Crippen LogP contribution in [0.15, 0.2) is 4.99 Å². The summed E-state index contributed by atoms with van der Waals surface area (Å²) in [5.41, 5.74) is 3.37. The standard InChI is InChI=1S/C18H31F3N6/c1-6-22-17(23-8-7-16-13(2)24-25(5)14(16)3)27-11-9-26(10-12-27)15(4)18(19,20)21/h15H,6-12H2,1-5H3,(H,22,23). The van der Waals surface area contributed by atoms with Crippen molar-refractivity contribution in [3.63, 3.8) is 0 Å². The number of guanidine groups is 1. The zero-order valence-electron chi connectivity index (χ0n) is 16.9. The summed E-state index contributed by atoms with van der Waals surface area (Å²) in [6.07, 6.45) is -3.38. The summed E-state index contributed by atoms with van der Waals surface area (Å²) in [6, 6.07) is -1.41. The molecule has 1 aromatic heterocycles. The van der Waals surface area contributed by atoms with Crippen LogP contribution in [-0.4, -0.2) is 77.0 Å². The normalized spacial score (nSPS) is 18.1. The van der Waals surface area contributed by atoms with E-state index in [0.29, 0.717) is 32.7 Å². The van der Waals surface area contributed by atoms with E-state index in [2.05, 4.69) is 10.4 Å². The van der Waals surface area contributed by atoms with Crippen molar-refractivity contribution < 1.29 is 13.2 Å². The predicted molar refractivity (Wildman–Crippen MR) is 101 cm³/mol. The lowest BCUT2D eigenvalue weighted by atomic mass is 10.1. The monoisotopic (exact) mass is 388 g/mol. The fourth-order valence-corrected chi connectivity index (χ4v) is 3.41. The Kier molecular flexibility index (Phi) is 7.13. The van der Waals surface area contributed by atoms with Crippen LogP contribution in [0.4, 0.5) is 13.2 Å². The second kappa shape index (κ2) is 8.95. The van der Waals surface area contributed by atoms with Crippen LogP contribution < -0.4 is 5.32 Å². The molecule has 154 valence electrons. The Balaban J connectivity index is 1.96. The highest BCUT2D eigenvalue weighted by atomic mass is 19.4. The third-order valence-corrected chi connectivity index (χ3v) is 5.25.